The minimum Gasteiger partial charge on any atom is -0.444 e. The summed E-state index contributed by atoms with van der Waals surface area (Å²) in [5, 5.41) is 14.5. The van der Waals surface area contributed by atoms with Gasteiger partial charge < -0.3 is 20.7 Å². The summed E-state index contributed by atoms with van der Waals surface area (Å²) < 4.78 is 19.3. The van der Waals surface area contributed by atoms with E-state index in [1.165, 1.54) is 6.07 Å². The lowest BCUT2D eigenvalue weighted by atomic mass is 10.1. The zero-order chi connectivity index (χ0) is 15.4. The third-order valence-corrected chi connectivity index (χ3v) is 3.06. The van der Waals surface area contributed by atoms with Gasteiger partial charge in [-0.1, -0.05) is 17.3 Å². The van der Waals surface area contributed by atoms with E-state index in [2.05, 4.69) is 15.5 Å². The molecule has 7 heteroatoms. The summed E-state index contributed by atoms with van der Waals surface area (Å²) in [6, 6.07) is 4.27. The molecular formula is C14H17FN4O2. The second-order valence-electron chi connectivity index (χ2n) is 4.70. The Kier molecular flexibility index (Phi) is 4.54. The molecule has 2 aromatic rings. The summed E-state index contributed by atoms with van der Waals surface area (Å²) in [7, 11) is 0. The zero-order valence-corrected chi connectivity index (χ0v) is 11.8. The van der Waals surface area contributed by atoms with Crippen molar-refractivity contribution in [3.63, 3.8) is 0 Å². The molecule has 1 aromatic carbocycles. The quantitative estimate of drug-likeness (QED) is 0.339. The Labute approximate surface area is 121 Å². The number of oxime groups is 1. The molecule has 21 heavy (non-hydrogen) atoms. The average Bonchev–Trinajstić information content (AvgIpc) is 2.91. The minimum absolute atomic E-state index is 0.128. The molecule has 1 atom stereocenters. The maximum atomic E-state index is 13.9. The van der Waals surface area contributed by atoms with Crippen LogP contribution in [0.4, 0.5) is 4.39 Å². The molecule has 0 spiro atoms. The number of amidine groups is 1. The normalized spacial score (nSPS) is 13.4. The van der Waals surface area contributed by atoms with Gasteiger partial charge in [0.15, 0.2) is 5.84 Å². The molecule has 0 aliphatic rings. The van der Waals surface area contributed by atoms with Crippen LogP contribution >= 0.6 is 0 Å². The van der Waals surface area contributed by atoms with Crippen LogP contribution in [0.2, 0.25) is 0 Å². The van der Waals surface area contributed by atoms with E-state index in [4.69, 9.17) is 15.4 Å². The Hall–Kier alpha value is -2.41. The number of benzene rings is 1. The van der Waals surface area contributed by atoms with Crippen LogP contribution < -0.4 is 11.1 Å². The van der Waals surface area contributed by atoms with Crippen molar-refractivity contribution in [1.82, 2.24) is 10.3 Å². The first kappa shape index (κ1) is 15.0. The van der Waals surface area contributed by atoms with Crippen molar-refractivity contribution < 1.29 is 14.0 Å². The zero-order valence-electron chi connectivity index (χ0n) is 11.8. The fraction of sp³-hybridized carbons (Fsp3) is 0.286. The van der Waals surface area contributed by atoms with Crippen molar-refractivity contribution in [3.8, 4) is 0 Å². The highest BCUT2D eigenvalue weighted by molar-refractivity contribution is 5.97. The van der Waals surface area contributed by atoms with Crippen LogP contribution in [0, 0.1) is 12.7 Å². The predicted molar refractivity (Wildman–Crippen MR) is 75.4 cm³/mol. The Balaban J connectivity index is 2.03. The third kappa shape index (κ3) is 3.57. The number of aromatic nitrogens is 1. The van der Waals surface area contributed by atoms with Gasteiger partial charge in [-0.05, 0) is 19.9 Å². The van der Waals surface area contributed by atoms with Crippen LogP contribution in [0.15, 0.2) is 34.0 Å². The average molecular weight is 292 g/mol. The molecule has 0 fully saturated rings. The molecule has 1 aromatic heterocycles. The molecule has 112 valence electrons. The van der Waals surface area contributed by atoms with E-state index >= 15 is 0 Å². The van der Waals surface area contributed by atoms with E-state index in [0.717, 1.165) is 5.76 Å². The van der Waals surface area contributed by atoms with Crippen LogP contribution in [-0.2, 0) is 6.54 Å². The number of nitrogens with two attached hydrogens (primary N) is 1. The summed E-state index contributed by atoms with van der Waals surface area (Å²) in [6.45, 7) is 4.01. The number of halogens is 1. The Morgan fingerprint density at radius 2 is 2.33 bits per heavy atom. The largest absolute Gasteiger partial charge is 0.444 e. The Morgan fingerprint density at radius 3 is 2.90 bits per heavy atom. The van der Waals surface area contributed by atoms with E-state index in [0.29, 0.717) is 23.6 Å². The SMILES string of the molecule is Cc1cnc(C(C)NCc2ccc(/C(N)=N/O)cc2F)o1. The van der Waals surface area contributed by atoms with E-state index in [1.807, 2.05) is 13.8 Å². The van der Waals surface area contributed by atoms with Gasteiger partial charge in [0.25, 0.3) is 0 Å². The number of aryl methyl sites for hydroxylation is 1. The number of hydrogen-bond acceptors (Lipinski definition) is 5. The van der Waals surface area contributed by atoms with Gasteiger partial charge in [-0.2, -0.15) is 0 Å². The molecule has 0 saturated carbocycles. The maximum absolute atomic E-state index is 13.9. The summed E-state index contributed by atoms with van der Waals surface area (Å²) in [6.07, 6.45) is 1.64. The van der Waals surface area contributed by atoms with Crippen LogP contribution in [0.1, 0.15) is 35.7 Å². The number of hydrogen-bond donors (Lipinski definition) is 3. The van der Waals surface area contributed by atoms with Gasteiger partial charge >= 0.3 is 0 Å². The molecule has 0 aliphatic carbocycles. The highest BCUT2D eigenvalue weighted by Crippen LogP contribution is 2.15. The highest BCUT2D eigenvalue weighted by Gasteiger charge is 2.12. The monoisotopic (exact) mass is 292 g/mol. The molecule has 6 nitrogen and oxygen atoms in total. The topological polar surface area (TPSA) is 96.7 Å². The van der Waals surface area contributed by atoms with Gasteiger partial charge in [0.05, 0.1) is 12.2 Å². The number of nitrogens with zero attached hydrogens (tertiary/aromatic N) is 2. The second kappa shape index (κ2) is 6.36. The standard InChI is InChI=1S/C14H17FN4O2/c1-8-6-18-14(21-8)9(2)17-7-11-4-3-10(5-12(11)15)13(16)19-20/h3-6,9,17,20H,7H2,1-2H3,(H2,16,19). The smallest absolute Gasteiger partial charge is 0.211 e. The van der Waals surface area contributed by atoms with E-state index in [-0.39, 0.29) is 11.9 Å². The van der Waals surface area contributed by atoms with Crippen molar-refractivity contribution in [2.24, 2.45) is 10.9 Å². The van der Waals surface area contributed by atoms with Gasteiger partial charge in [-0.15, -0.1) is 0 Å². The molecule has 0 saturated heterocycles. The van der Waals surface area contributed by atoms with E-state index < -0.39 is 5.82 Å². The van der Waals surface area contributed by atoms with Crippen molar-refractivity contribution in [2.75, 3.05) is 0 Å². The van der Waals surface area contributed by atoms with Crippen molar-refractivity contribution in [2.45, 2.75) is 26.4 Å². The molecule has 4 N–H and O–H groups in total. The van der Waals surface area contributed by atoms with Crippen LogP contribution in [0.3, 0.4) is 0 Å². The number of oxazole rings is 1. The fourth-order valence-corrected chi connectivity index (χ4v) is 1.83. The Morgan fingerprint density at radius 1 is 1.57 bits per heavy atom. The minimum atomic E-state index is -0.428. The van der Waals surface area contributed by atoms with Crippen molar-refractivity contribution >= 4 is 5.84 Å². The first-order chi connectivity index (χ1) is 10.0. The van der Waals surface area contributed by atoms with Crippen molar-refractivity contribution in [1.29, 1.82) is 0 Å². The number of nitrogens with one attached hydrogen (secondary N) is 1. The van der Waals surface area contributed by atoms with Crippen LogP contribution in [0.25, 0.3) is 0 Å². The fourth-order valence-electron chi connectivity index (χ4n) is 1.83. The third-order valence-electron chi connectivity index (χ3n) is 3.06. The van der Waals surface area contributed by atoms with Crippen LogP contribution in [0.5, 0.6) is 0 Å². The maximum Gasteiger partial charge on any atom is 0.211 e. The predicted octanol–water partition coefficient (Wildman–Crippen LogP) is 2.07. The molecule has 0 radical (unpaired) electrons. The van der Waals surface area contributed by atoms with Gasteiger partial charge in [-0.25, -0.2) is 9.37 Å². The van der Waals surface area contributed by atoms with Crippen molar-refractivity contribution in [3.05, 3.63) is 53.0 Å². The summed E-state index contributed by atoms with van der Waals surface area (Å²) in [5.41, 5.74) is 6.21. The van der Waals surface area contributed by atoms with Crippen LogP contribution in [-0.4, -0.2) is 16.0 Å². The van der Waals surface area contributed by atoms with Gasteiger partial charge in [0, 0.05) is 17.7 Å². The van der Waals surface area contributed by atoms with E-state index in [9.17, 15) is 4.39 Å². The lowest BCUT2D eigenvalue weighted by molar-refractivity contribution is 0.318. The lowest BCUT2D eigenvalue weighted by Crippen LogP contribution is -2.19. The molecule has 1 unspecified atom stereocenters. The molecule has 0 aliphatic heterocycles. The molecule has 0 amide bonds. The Bertz CT molecular complexity index is 654. The molecular weight excluding hydrogens is 275 g/mol. The first-order valence-electron chi connectivity index (χ1n) is 6.43. The summed E-state index contributed by atoms with van der Waals surface area (Å²) >= 11 is 0. The lowest BCUT2D eigenvalue weighted by Gasteiger charge is -2.11. The molecule has 1 heterocycles. The number of rotatable bonds is 5. The van der Waals surface area contributed by atoms with Gasteiger partial charge in [0.2, 0.25) is 5.89 Å². The van der Waals surface area contributed by atoms with E-state index in [1.54, 1.807) is 18.3 Å². The molecule has 0 bridgehead atoms. The second-order valence-corrected chi connectivity index (χ2v) is 4.70. The molecule has 2 rings (SSSR count). The summed E-state index contributed by atoms with van der Waals surface area (Å²) in [4.78, 5) is 4.12. The first-order valence-corrected chi connectivity index (χ1v) is 6.43. The van der Waals surface area contributed by atoms with Gasteiger partial charge in [-0.3, -0.25) is 0 Å². The summed E-state index contributed by atoms with van der Waals surface area (Å²) in [5.74, 6) is 0.730. The van der Waals surface area contributed by atoms with Gasteiger partial charge in [0.1, 0.15) is 11.6 Å². The highest BCUT2D eigenvalue weighted by atomic mass is 19.1.